The van der Waals surface area contributed by atoms with Crippen LogP contribution in [0.4, 0.5) is 0 Å². The Bertz CT molecular complexity index is 576. The molecule has 20 heavy (non-hydrogen) atoms. The molecule has 0 saturated heterocycles. The van der Waals surface area contributed by atoms with E-state index in [0.717, 1.165) is 17.9 Å². The minimum atomic E-state index is 0.272. The van der Waals surface area contributed by atoms with Gasteiger partial charge in [0.15, 0.2) is 11.5 Å². The maximum absolute atomic E-state index is 9.63. The fourth-order valence-corrected chi connectivity index (χ4v) is 3.81. The Hall–Kier alpha value is -1.74. The van der Waals surface area contributed by atoms with Gasteiger partial charge in [-0.25, -0.2) is 0 Å². The molecule has 1 N–H and O–H groups in total. The van der Waals surface area contributed by atoms with Crippen LogP contribution in [0.5, 0.6) is 11.5 Å². The van der Waals surface area contributed by atoms with E-state index in [1.807, 2.05) is 6.07 Å². The summed E-state index contributed by atoms with van der Waals surface area (Å²) < 4.78 is 10.8. The lowest BCUT2D eigenvalue weighted by molar-refractivity contribution is -0.00277. The van der Waals surface area contributed by atoms with Gasteiger partial charge in [-0.2, -0.15) is 0 Å². The molecule has 3 heteroatoms. The quantitative estimate of drug-likeness (QED) is 0.917. The van der Waals surface area contributed by atoms with Crippen LogP contribution in [0.25, 0.3) is 0 Å². The highest BCUT2D eigenvalue weighted by Crippen LogP contribution is 2.50. The summed E-state index contributed by atoms with van der Waals surface area (Å²) in [5.74, 6) is 3.67. The molecule has 0 amide bonds. The van der Waals surface area contributed by atoms with Crippen molar-refractivity contribution < 1.29 is 14.6 Å². The van der Waals surface area contributed by atoms with Gasteiger partial charge in [0.1, 0.15) is 0 Å². The van der Waals surface area contributed by atoms with Gasteiger partial charge in [0.2, 0.25) is 6.79 Å². The number of fused-ring (bicyclic) bond motifs is 2. The second-order valence-electron chi connectivity index (χ2n) is 5.83. The van der Waals surface area contributed by atoms with Crippen molar-refractivity contribution in [3.05, 3.63) is 48.1 Å². The molecule has 2 aliphatic carbocycles. The Labute approximate surface area is 118 Å². The first-order valence-corrected chi connectivity index (χ1v) is 7.21. The maximum atomic E-state index is 9.63. The smallest absolute Gasteiger partial charge is 0.231 e. The van der Waals surface area contributed by atoms with E-state index in [9.17, 15) is 5.11 Å². The molecule has 0 radical (unpaired) electrons. The average molecular weight is 270 g/mol. The van der Waals surface area contributed by atoms with Gasteiger partial charge in [0, 0.05) is 6.61 Å². The van der Waals surface area contributed by atoms with Crippen molar-refractivity contribution in [3.8, 4) is 11.5 Å². The number of aliphatic hydroxyl groups excluding tert-OH is 1. The van der Waals surface area contributed by atoms with Crippen molar-refractivity contribution in [2.24, 2.45) is 23.7 Å². The molecule has 3 nitrogen and oxygen atoms in total. The standard InChI is InChI=1S/C17H18O3/c18-9-15-13-4-2-1-3-12(13)14(15)7-11-5-6-16-17(8-11)20-10-19-16/h1-6,8,12-15,18H,7,9-10H2/t12-,13+,14+,15+/m0/s1. The zero-order valence-electron chi connectivity index (χ0n) is 11.2. The van der Waals surface area contributed by atoms with E-state index >= 15 is 0 Å². The molecular formula is C17H18O3. The summed E-state index contributed by atoms with van der Waals surface area (Å²) in [6.07, 6.45) is 9.74. The van der Waals surface area contributed by atoms with E-state index < -0.39 is 0 Å². The molecule has 1 heterocycles. The summed E-state index contributed by atoms with van der Waals surface area (Å²) in [4.78, 5) is 0. The maximum Gasteiger partial charge on any atom is 0.231 e. The number of aliphatic hydroxyl groups is 1. The average Bonchev–Trinajstić information content (AvgIpc) is 2.93. The highest BCUT2D eigenvalue weighted by molar-refractivity contribution is 5.44. The Kier molecular flexibility index (Phi) is 2.81. The van der Waals surface area contributed by atoms with Gasteiger partial charge in [0.25, 0.3) is 0 Å². The molecule has 4 rings (SSSR count). The summed E-state index contributed by atoms with van der Waals surface area (Å²) in [7, 11) is 0. The van der Waals surface area contributed by atoms with Crippen LogP contribution in [0, 0.1) is 23.7 Å². The predicted molar refractivity (Wildman–Crippen MR) is 75.6 cm³/mol. The third kappa shape index (κ3) is 1.77. The minimum absolute atomic E-state index is 0.272. The Morgan fingerprint density at radius 3 is 2.55 bits per heavy atom. The van der Waals surface area contributed by atoms with E-state index in [0.29, 0.717) is 30.5 Å². The van der Waals surface area contributed by atoms with Crippen LogP contribution in [-0.2, 0) is 6.42 Å². The van der Waals surface area contributed by atoms with Gasteiger partial charge in [0.05, 0.1) is 0 Å². The topological polar surface area (TPSA) is 38.7 Å². The van der Waals surface area contributed by atoms with Crippen LogP contribution in [0.2, 0.25) is 0 Å². The van der Waals surface area contributed by atoms with Crippen LogP contribution in [-0.4, -0.2) is 18.5 Å². The second kappa shape index (κ2) is 4.67. The molecule has 1 fully saturated rings. The van der Waals surface area contributed by atoms with Crippen LogP contribution in [0.1, 0.15) is 5.56 Å². The molecule has 0 aromatic heterocycles. The van der Waals surface area contributed by atoms with Crippen molar-refractivity contribution >= 4 is 0 Å². The van der Waals surface area contributed by atoms with Crippen molar-refractivity contribution in [2.75, 3.05) is 13.4 Å². The molecule has 0 unspecified atom stereocenters. The molecule has 4 atom stereocenters. The van der Waals surface area contributed by atoms with Crippen LogP contribution >= 0.6 is 0 Å². The molecule has 0 bridgehead atoms. The van der Waals surface area contributed by atoms with Gasteiger partial charge in [-0.15, -0.1) is 0 Å². The first kappa shape index (κ1) is 12.0. The Morgan fingerprint density at radius 2 is 1.75 bits per heavy atom. The van der Waals surface area contributed by atoms with E-state index in [4.69, 9.17) is 9.47 Å². The molecule has 1 saturated carbocycles. The van der Waals surface area contributed by atoms with Gasteiger partial charge in [-0.1, -0.05) is 30.4 Å². The zero-order valence-corrected chi connectivity index (χ0v) is 11.2. The number of ether oxygens (including phenoxy) is 2. The van der Waals surface area contributed by atoms with E-state index in [1.165, 1.54) is 5.56 Å². The Balaban J connectivity index is 1.54. The van der Waals surface area contributed by atoms with E-state index in [2.05, 4.69) is 36.4 Å². The number of benzene rings is 1. The van der Waals surface area contributed by atoms with Crippen molar-refractivity contribution in [1.82, 2.24) is 0 Å². The monoisotopic (exact) mass is 270 g/mol. The lowest BCUT2D eigenvalue weighted by Gasteiger charge is -2.50. The highest BCUT2D eigenvalue weighted by Gasteiger charge is 2.47. The van der Waals surface area contributed by atoms with Gasteiger partial charge >= 0.3 is 0 Å². The number of rotatable bonds is 3. The fraction of sp³-hybridized carbons (Fsp3) is 0.412. The lowest BCUT2D eigenvalue weighted by Crippen LogP contribution is -2.48. The van der Waals surface area contributed by atoms with Crippen molar-refractivity contribution in [3.63, 3.8) is 0 Å². The molecule has 0 spiro atoms. The normalized spacial score (nSPS) is 32.9. The number of hydrogen-bond donors (Lipinski definition) is 1. The number of hydrogen-bond acceptors (Lipinski definition) is 3. The molecule has 1 aromatic carbocycles. The molecule has 1 aromatic rings. The van der Waals surface area contributed by atoms with Crippen molar-refractivity contribution in [1.29, 1.82) is 0 Å². The SMILES string of the molecule is OC[C@@H]1[C@@H]2C=CC=C[C@@H]2[C@H]1Cc1ccc2c(c1)OCO2. The third-order valence-electron chi connectivity index (χ3n) is 4.88. The Morgan fingerprint density at radius 1 is 1.00 bits per heavy atom. The molecular weight excluding hydrogens is 252 g/mol. The predicted octanol–water partition coefficient (Wildman–Crippen LogP) is 2.55. The zero-order chi connectivity index (χ0) is 13.5. The van der Waals surface area contributed by atoms with Crippen LogP contribution in [0.15, 0.2) is 42.5 Å². The minimum Gasteiger partial charge on any atom is -0.454 e. The largest absolute Gasteiger partial charge is 0.454 e. The molecule has 104 valence electrons. The van der Waals surface area contributed by atoms with Crippen LogP contribution in [0.3, 0.4) is 0 Å². The van der Waals surface area contributed by atoms with E-state index in [1.54, 1.807) is 0 Å². The van der Waals surface area contributed by atoms with Gasteiger partial charge in [-0.05, 0) is 47.8 Å². The van der Waals surface area contributed by atoms with Crippen molar-refractivity contribution in [2.45, 2.75) is 6.42 Å². The summed E-state index contributed by atoms with van der Waals surface area (Å²) in [6.45, 7) is 0.592. The first-order valence-electron chi connectivity index (χ1n) is 7.21. The second-order valence-corrected chi connectivity index (χ2v) is 5.83. The van der Waals surface area contributed by atoms with Crippen LogP contribution < -0.4 is 9.47 Å². The van der Waals surface area contributed by atoms with Gasteiger partial charge in [-0.3, -0.25) is 0 Å². The lowest BCUT2D eigenvalue weighted by atomic mass is 9.54. The summed E-state index contributed by atoms with van der Waals surface area (Å²) in [5.41, 5.74) is 1.26. The highest BCUT2D eigenvalue weighted by atomic mass is 16.7. The first-order chi connectivity index (χ1) is 9.86. The molecule has 3 aliphatic rings. The van der Waals surface area contributed by atoms with Gasteiger partial charge < -0.3 is 14.6 Å². The summed E-state index contributed by atoms with van der Waals surface area (Å²) in [6, 6.07) is 6.17. The number of allylic oxidation sites excluding steroid dienone is 4. The summed E-state index contributed by atoms with van der Waals surface area (Å²) >= 11 is 0. The third-order valence-corrected chi connectivity index (χ3v) is 4.88. The molecule has 1 aliphatic heterocycles. The van der Waals surface area contributed by atoms with E-state index in [-0.39, 0.29) is 6.61 Å². The fourth-order valence-electron chi connectivity index (χ4n) is 3.81. The summed E-state index contributed by atoms with van der Waals surface area (Å²) in [5, 5.41) is 9.63.